The SMILES string of the molecule is COc1ccccc1NC(=O)COc1ccc(/C=N/NC(=O)c2ccc(-c3csc(Nc4ccccc4)n3)cc2)cc1Br. The van der Waals surface area contributed by atoms with Gasteiger partial charge in [0.15, 0.2) is 11.7 Å². The molecular weight excluding hydrogens is 630 g/mol. The zero-order valence-electron chi connectivity index (χ0n) is 22.9. The molecule has 0 radical (unpaired) electrons. The molecule has 0 bridgehead atoms. The Hall–Kier alpha value is -5.00. The monoisotopic (exact) mass is 655 g/mol. The van der Waals surface area contributed by atoms with Crippen molar-refractivity contribution in [1.29, 1.82) is 0 Å². The number of halogens is 1. The molecule has 0 saturated heterocycles. The van der Waals surface area contributed by atoms with Crippen LogP contribution in [-0.4, -0.2) is 36.7 Å². The number of amides is 2. The van der Waals surface area contributed by atoms with Crippen molar-refractivity contribution in [3.8, 4) is 22.8 Å². The van der Waals surface area contributed by atoms with Gasteiger partial charge in [-0.1, -0.05) is 42.5 Å². The molecule has 0 aliphatic rings. The van der Waals surface area contributed by atoms with Gasteiger partial charge in [-0.05, 0) is 76.1 Å². The summed E-state index contributed by atoms with van der Waals surface area (Å²) in [4.78, 5) is 29.6. The van der Waals surface area contributed by atoms with E-state index >= 15 is 0 Å². The van der Waals surface area contributed by atoms with Gasteiger partial charge in [-0.2, -0.15) is 5.10 Å². The molecule has 11 heteroatoms. The third-order valence-electron chi connectivity index (χ3n) is 6.05. The van der Waals surface area contributed by atoms with Crippen LogP contribution in [0.1, 0.15) is 15.9 Å². The van der Waals surface area contributed by atoms with Crippen LogP contribution in [0, 0.1) is 0 Å². The van der Waals surface area contributed by atoms with Crippen molar-refractivity contribution in [2.24, 2.45) is 5.10 Å². The maximum Gasteiger partial charge on any atom is 0.271 e. The fraction of sp³-hybridized carbons (Fsp3) is 0.0625. The Balaban J connectivity index is 1.11. The summed E-state index contributed by atoms with van der Waals surface area (Å²) in [5.41, 5.74) is 6.99. The van der Waals surface area contributed by atoms with Crippen molar-refractivity contribution >= 4 is 61.8 Å². The highest BCUT2D eigenvalue weighted by atomic mass is 79.9. The first-order chi connectivity index (χ1) is 21.0. The topological polar surface area (TPSA) is 114 Å². The Labute approximate surface area is 260 Å². The van der Waals surface area contributed by atoms with Crippen molar-refractivity contribution in [3.63, 3.8) is 0 Å². The average Bonchev–Trinajstić information content (AvgIpc) is 3.50. The van der Waals surface area contributed by atoms with E-state index in [1.165, 1.54) is 24.7 Å². The lowest BCUT2D eigenvalue weighted by Gasteiger charge is -2.11. The molecule has 1 aromatic heterocycles. The molecule has 9 nitrogen and oxygen atoms in total. The van der Waals surface area contributed by atoms with Gasteiger partial charge in [0.25, 0.3) is 11.8 Å². The van der Waals surface area contributed by atoms with Crippen molar-refractivity contribution in [3.05, 3.63) is 118 Å². The smallest absolute Gasteiger partial charge is 0.271 e. The third kappa shape index (κ3) is 8.06. The molecule has 0 unspecified atom stereocenters. The summed E-state index contributed by atoms with van der Waals surface area (Å²) < 4.78 is 11.5. The number of ether oxygens (including phenoxy) is 2. The molecule has 43 heavy (non-hydrogen) atoms. The van der Waals surface area contributed by atoms with Gasteiger partial charge in [-0.3, -0.25) is 9.59 Å². The van der Waals surface area contributed by atoms with Gasteiger partial charge in [0.05, 0.1) is 29.2 Å². The summed E-state index contributed by atoms with van der Waals surface area (Å²) in [7, 11) is 1.54. The molecule has 0 spiro atoms. The summed E-state index contributed by atoms with van der Waals surface area (Å²) in [5, 5.41) is 12.9. The molecule has 0 fully saturated rings. The fourth-order valence-corrected chi connectivity index (χ4v) is 5.17. The molecule has 0 aliphatic heterocycles. The Morgan fingerprint density at radius 1 is 0.953 bits per heavy atom. The van der Waals surface area contributed by atoms with E-state index in [-0.39, 0.29) is 18.4 Å². The maximum absolute atomic E-state index is 12.6. The number of hydrazone groups is 1. The van der Waals surface area contributed by atoms with Gasteiger partial charge in [0, 0.05) is 22.2 Å². The molecular formula is C32H26BrN5O4S. The highest BCUT2D eigenvalue weighted by Gasteiger charge is 2.11. The molecule has 2 amide bonds. The van der Waals surface area contributed by atoms with E-state index in [1.807, 2.05) is 53.9 Å². The van der Waals surface area contributed by atoms with Crippen LogP contribution in [0.5, 0.6) is 11.5 Å². The van der Waals surface area contributed by atoms with Crippen LogP contribution in [0.25, 0.3) is 11.3 Å². The standard InChI is InChI=1S/C32H26BrN5O4S/c1-41-29-10-6-5-9-26(29)36-30(39)19-42-28-16-11-21(17-25(28)33)18-34-38-31(40)23-14-12-22(13-15-23)27-20-43-32(37-27)35-24-7-3-2-4-8-24/h2-18,20H,19H2,1H3,(H,35,37)(H,36,39)(H,38,40)/b34-18+. The molecule has 5 aromatic rings. The number of carbonyl (C=O) groups is 2. The van der Waals surface area contributed by atoms with Crippen LogP contribution in [0.15, 0.2) is 112 Å². The summed E-state index contributed by atoms with van der Waals surface area (Å²) in [6.07, 6.45) is 1.52. The second kappa shape index (κ2) is 14.3. The van der Waals surface area contributed by atoms with E-state index in [9.17, 15) is 9.59 Å². The lowest BCUT2D eigenvalue weighted by molar-refractivity contribution is -0.118. The molecule has 4 aromatic carbocycles. The van der Waals surface area contributed by atoms with Crippen LogP contribution in [-0.2, 0) is 4.79 Å². The Kier molecular flexibility index (Phi) is 9.78. The van der Waals surface area contributed by atoms with Crippen LogP contribution >= 0.6 is 27.3 Å². The lowest BCUT2D eigenvalue weighted by Crippen LogP contribution is -2.20. The van der Waals surface area contributed by atoms with Gasteiger partial charge in [-0.25, -0.2) is 10.4 Å². The summed E-state index contributed by atoms with van der Waals surface area (Å²) in [6.45, 7) is -0.187. The van der Waals surface area contributed by atoms with Gasteiger partial charge in [-0.15, -0.1) is 11.3 Å². The van der Waals surface area contributed by atoms with E-state index in [2.05, 4.69) is 42.1 Å². The molecule has 5 rings (SSSR count). The number of aromatic nitrogens is 1. The Morgan fingerprint density at radius 3 is 2.49 bits per heavy atom. The quantitative estimate of drug-likeness (QED) is 0.103. The van der Waals surface area contributed by atoms with E-state index < -0.39 is 0 Å². The first kappa shape index (κ1) is 29.5. The van der Waals surface area contributed by atoms with E-state index in [1.54, 1.807) is 48.5 Å². The third-order valence-corrected chi connectivity index (χ3v) is 7.43. The Bertz CT molecular complexity index is 1740. The maximum atomic E-state index is 12.6. The van der Waals surface area contributed by atoms with Crippen LogP contribution in [0.2, 0.25) is 0 Å². The Morgan fingerprint density at radius 2 is 1.72 bits per heavy atom. The second-order valence-corrected chi connectivity index (χ2v) is 10.7. The largest absolute Gasteiger partial charge is 0.495 e. The number of methoxy groups -OCH3 is 1. The molecule has 216 valence electrons. The predicted molar refractivity (Wildman–Crippen MR) is 174 cm³/mol. The lowest BCUT2D eigenvalue weighted by atomic mass is 10.1. The summed E-state index contributed by atoms with van der Waals surface area (Å²) >= 11 is 4.97. The average molecular weight is 657 g/mol. The number of rotatable bonds is 11. The minimum atomic E-state index is -0.340. The second-order valence-electron chi connectivity index (χ2n) is 9.03. The number of thiazole rings is 1. The van der Waals surface area contributed by atoms with Gasteiger partial charge >= 0.3 is 0 Å². The van der Waals surface area contributed by atoms with Crippen molar-refractivity contribution < 1.29 is 19.1 Å². The first-order valence-electron chi connectivity index (χ1n) is 13.0. The molecule has 0 saturated carbocycles. The van der Waals surface area contributed by atoms with E-state index in [0.717, 1.165) is 27.6 Å². The summed E-state index contributed by atoms with van der Waals surface area (Å²) in [6, 6.07) is 29.4. The van der Waals surface area contributed by atoms with Crippen LogP contribution < -0.4 is 25.5 Å². The van der Waals surface area contributed by atoms with Crippen LogP contribution in [0.3, 0.4) is 0 Å². The number of nitrogens with zero attached hydrogens (tertiary/aromatic N) is 2. The molecule has 0 aliphatic carbocycles. The minimum Gasteiger partial charge on any atom is -0.495 e. The zero-order valence-corrected chi connectivity index (χ0v) is 25.3. The number of carbonyl (C=O) groups excluding carboxylic acids is 2. The molecule has 1 heterocycles. The van der Waals surface area contributed by atoms with Crippen LogP contribution in [0.4, 0.5) is 16.5 Å². The van der Waals surface area contributed by atoms with E-state index in [0.29, 0.717) is 27.2 Å². The van der Waals surface area contributed by atoms with Crippen molar-refractivity contribution in [1.82, 2.24) is 10.4 Å². The van der Waals surface area contributed by atoms with Gasteiger partial charge in [0.1, 0.15) is 11.5 Å². The van der Waals surface area contributed by atoms with Gasteiger partial charge < -0.3 is 20.1 Å². The number of nitrogens with one attached hydrogen (secondary N) is 3. The highest BCUT2D eigenvalue weighted by molar-refractivity contribution is 9.10. The van der Waals surface area contributed by atoms with E-state index in [4.69, 9.17) is 9.47 Å². The fourth-order valence-electron chi connectivity index (χ4n) is 3.92. The number of hydrogen-bond donors (Lipinski definition) is 3. The first-order valence-corrected chi connectivity index (χ1v) is 14.7. The minimum absolute atomic E-state index is 0.187. The predicted octanol–water partition coefficient (Wildman–Crippen LogP) is 7.11. The molecule has 3 N–H and O–H groups in total. The molecule has 0 atom stereocenters. The van der Waals surface area contributed by atoms with Crippen molar-refractivity contribution in [2.45, 2.75) is 0 Å². The zero-order chi connectivity index (χ0) is 30.0. The number of para-hydroxylation sites is 3. The summed E-state index contributed by atoms with van der Waals surface area (Å²) in [5.74, 6) is 0.382. The normalized spacial score (nSPS) is 10.7. The number of hydrogen-bond acceptors (Lipinski definition) is 8. The van der Waals surface area contributed by atoms with Gasteiger partial charge in [0.2, 0.25) is 0 Å². The highest BCUT2D eigenvalue weighted by Crippen LogP contribution is 2.28. The van der Waals surface area contributed by atoms with Crippen molar-refractivity contribution in [2.75, 3.05) is 24.4 Å². The number of anilines is 3. The number of benzene rings is 4.